The lowest BCUT2D eigenvalue weighted by atomic mass is 9.96. The van der Waals surface area contributed by atoms with Gasteiger partial charge in [-0.15, -0.1) is 0 Å². The number of anilines is 1. The van der Waals surface area contributed by atoms with E-state index in [2.05, 4.69) is 68.8 Å². The fraction of sp³-hybridized carbons (Fsp3) is 0.429. The van der Waals surface area contributed by atoms with Crippen molar-refractivity contribution >= 4 is 22.3 Å². The highest BCUT2D eigenvalue weighted by atomic mass is 16.5. The van der Waals surface area contributed by atoms with Gasteiger partial charge in [0.25, 0.3) is 0 Å². The van der Waals surface area contributed by atoms with Crippen LogP contribution >= 0.6 is 0 Å². The van der Waals surface area contributed by atoms with Crippen molar-refractivity contribution in [2.45, 2.75) is 51.2 Å². The predicted octanol–water partition coefficient (Wildman–Crippen LogP) is 5.15. The van der Waals surface area contributed by atoms with E-state index >= 15 is 0 Å². The molecule has 1 aromatic heterocycles. The van der Waals surface area contributed by atoms with E-state index < -0.39 is 0 Å². The zero-order valence-electron chi connectivity index (χ0n) is 19.7. The summed E-state index contributed by atoms with van der Waals surface area (Å²) in [5.74, 6) is 2.58. The van der Waals surface area contributed by atoms with Crippen LogP contribution in [0.2, 0.25) is 0 Å². The highest BCUT2D eigenvalue weighted by Gasteiger charge is 2.28. The summed E-state index contributed by atoms with van der Waals surface area (Å²) in [6.07, 6.45) is 11.6. The van der Waals surface area contributed by atoms with E-state index in [1.165, 1.54) is 49.5 Å². The Hall–Kier alpha value is -3.12. The summed E-state index contributed by atoms with van der Waals surface area (Å²) in [7, 11) is 0. The lowest BCUT2D eigenvalue weighted by Crippen LogP contribution is -2.45. The molecule has 0 bridgehead atoms. The Morgan fingerprint density at radius 2 is 1.85 bits per heavy atom. The second-order valence-electron chi connectivity index (χ2n) is 9.84. The minimum absolute atomic E-state index is 0.415. The summed E-state index contributed by atoms with van der Waals surface area (Å²) >= 11 is 0. The number of hydrogen-bond donors (Lipinski definition) is 1. The smallest absolute Gasteiger partial charge is 0.131 e. The van der Waals surface area contributed by atoms with Crippen LogP contribution in [0.1, 0.15) is 44.1 Å². The van der Waals surface area contributed by atoms with E-state index in [0.717, 1.165) is 42.3 Å². The molecule has 2 aromatic carbocycles. The first-order chi connectivity index (χ1) is 16.8. The van der Waals surface area contributed by atoms with Crippen molar-refractivity contribution in [1.82, 2.24) is 15.3 Å². The third kappa shape index (κ3) is 4.60. The molecule has 1 unspecified atom stereocenters. The molecular weight excluding hydrogens is 422 g/mol. The Balaban J connectivity index is 1.06. The lowest BCUT2D eigenvalue weighted by molar-refractivity contribution is 0.195. The number of hydrazine groups is 1. The fourth-order valence-corrected chi connectivity index (χ4v) is 5.61. The standard InChI is InChI=1S/C28H33N5O/c1-2-8-24(7-1)34-25-12-10-21(11-13-25)18-32-16-4-6-23(19-32)28-30-20-33(31-28)27-9-3-5-22-17-29-15-14-26(22)27/h3,5,9-15,17,23-24H,1-2,4,6-8,16,18-20H2,(H,30,31). The number of pyridine rings is 1. The first-order valence-electron chi connectivity index (χ1n) is 12.7. The molecule has 1 saturated heterocycles. The molecule has 3 heterocycles. The van der Waals surface area contributed by atoms with Gasteiger partial charge >= 0.3 is 0 Å². The Labute approximate surface area is 201 Å². The van der Waals surface area contributed by atoms with Crippen molar-refractivity contribution in [3.8, 4) is 5.75 Å². The maximum atomic E-state index is 6.13. The van der Waals surface area contributed by atoms with E-state index in [9.17, 15) is 0 Å². The number of nitrogens with zero attached hydrogens (tertiary/aromatic N) is 4. The molecule has 6 nitrogen and oxygen atoms in total. The molecule has 2 aliphatic heterocycles. The van der Waals surface area contributed by atoms with Gasteiger partial charge in [0.05, 0.1) is 11.8 Å². The number of piperidine rings is 1. The Morgan fingerprint density at radius 1 is 0.971 bits per heavy atom. The molecule has 1 N–H and O–H groups in total. The van der Waals surface area contributed by atoms with E-state index in [1.807, 2.05) is 12.4 Å². The number of likely N-dealkylation sites (tertiary alicyclic amines) is 1. The number of ether oxygens (including phenoxy) is 1. The first kappa shape index (κ1) is 21.4. The minimum Gasteiger partial charge on any atom is -0.490 e. The molecule has 3 aliphatic rings. The van der Waals surface area contributed by atoms with E-state index in [-0.39, 0.29) is 0 Å². The number of aliphatic imine (C=N–C) groups is 1. The summed E-state index contributed by atoms with van der Waals surface area (Å²) in [6.45, 7) is 3.81. The molecule has 1 aliphatic carbocycles. The average molecular weight is 456 g/mol. The molecule has 176 valence electrons. The van der Waals surface area contributed by atoms with Gasteiger partial charge in [0.2, 0.25) is 0 Å². The summed E-state index contributed by atoms with van der Waals surface area (Å²) in [5, 5.41) is 4.52. The largest absolute Gasteiger partial charge is 0.490 e. The molecule has 34 heavy (non-hydrogen) atoms. The maximum absolute atomic E-state index is 6.13. The third-order valence-corrected chi connectivity index (χ3v) is 7.41. The molecule has 3 aromatic rings. The van der Waals surface area contributed by atoms with E-state index in [4.69, 9.17) is 9.73 Å². The van der Waals surface area contributed by atoms with Gasteiger partial charge in [0.1, 0.15) is 18.3 Å². The molecule has 0 spiro atoms. The lowest BCUT2D eigenvalue weighted by Gasteiger charge is -2.33. The predicted molar refractivity (Wildman–Crippen MR) is 137 cm³/mol. The fourth-order valence-electron chi connectivity index (χ4n) is 5.61. The zero-order chi connectivity index (χ0) is 22.7. The quantitative estimate of drug-likeness (QED) is 0.557. The van der Waals surface area contributed by atoms with Gasteiger partial charge in [-0.3, -0.25) is 20.3 Å². The van der Waals surface area contributed by atoms with Crippen LogP contribution in [0, 0.1) is 5.92 Å². The van der Waals surface area contributed by atoms with Crippen molar-refractivity contribution in [3.05, 3.63) is 66.5 Å². The molecule has 6 heteroatoms. The second-order valence-corrected chi connectivity index (χ2v) is 9.84. The highest BCUT2D eigenvalue weighted by molar-refractivity contribution is 5.96. The van der Waals surface area contributed by atoms with Crippen LogP contribution in [0.25, 0.3) is 10.8 Å². The van der Waals surface area contributed by atoms with Gasteiger partial charge in [0, 0.05) is 42.2 Å². The number of amidine groups is 1. The summed E-state index contributed by atoms with van der Waals surface area (Å²) < 4.78 is 6.13. The Bertz CT molecular complexity index is 1150. The first-order valence-corrected chi connectivity index (χ1v) is 12.7. The van der Waals surface area contributed by atoms with Gasteiger partial charge in [-0.25, -0.2) is 4.99 Å². The monoisotopic (exact) mass is 455 g/mol. The molecule has 6 rings (SSSR count). The molecule has 1 saturated carbocycles. The van der Waals surface area contributed by atoms with Gasteiger partial charge in [-0.1, -0.05) is 24.3 Å². The minimum atomic E-state index is 0.415. The Kier molecular flexibility index (Phi) is 6.06. The number of nitrogens with one attached hydrogen (secondary N) is 1. The summed E-state index contributed by atoms with van der Waals surface area (Å²) in [6, 6.07) is 17.2. The normalized spacial score (nSPS) is 21.6. The molecule has 1 atom stereocenters. The van der Waals surface area contributed by atoms with Crippen molar-refractivity contribution in [1.29, 1.82) is 0 Å². The van der Waals surface area contributed by atoms with E-state index in [1.54, 1.807) is 0 Å². The van der Waals surface area contributed by atoms with Crippen molar-refractivity contribution in [2.75, 3.05) is 24.8 Å². The maximum Gasteiger partial charge on any atom is 0.131 e. The van der Waals surface area contributed by atoms with Crippen molar-refractivity contribution in [2.24, 2.45) is 10.9 Å². The molecule has 0 amide bonds. The number of fused-ring (bicyclic) bond motifs is 1. The number of rotatable bonds is 6. The molecular formula is C28H33N5O. The van der Waals surface area contributed by atoms with Crippen LogP contribution in [-0.2, 0) is 6.54 Å². The zero-order valence-corrected chi connectivity index (χ0v) is 19.7. The van der Waals surface area contributed by atoms with E-state index in [0.29, 0.717) is 18.7 Å². The van der Waals surface area contributed by atoms with Gasteiger partial charge in [-0.2, -0.15) is 0 Å². The van der Waals surface area contributed by atoms with Crippen LogP contribution < -0.4 is 15.2 Å². The number of hydrogen-bond acceptors (Lipinski definition) is 6. The average Bonchev–Trinajstić information content (AvgIpc) is 3.58. The van der Waals surface area contributed by atoms with Gasteiger partial charge in [-0.05, 0) is 74.9 Å². The summed E-state index contributed by atoms with van der Waals surface area (Å²) in [4.78, 5) is 11.7. The number of aromatic nitrogens is 1. The highest BCUT2D eigenvalue weighted by Crippen LogP contribution is 2.28. The Morgan fingerprint density at radius 3 is 2.74 bits per heavy atom. The van der Waals surface area contributed by atoms with Crippen molar-refractivity contribution < 1.29 is 4.74 Å². The third-order valence-electron chi connectivity index (χ3n) is 7.41. The van der Waals surface area contributed by atoms with Gasteiger partial charge < -0.3 is 4.74 Å². The van der Waals surface area contributed by atoms with Crippen LogP contribution in [-0.4, -0.2) is 41.6 Å². The molecule has 2 fully saturated rings. The van der Waals surface area contributed by atoms with Crippen LogP contribution in [0.4, 0.5) is 5.69 Å². The molecule has 0 radical (unpaired) electrons. The SMILES string of the molecule is c1cc(N2CN=C(C3CCCN(Cc4ccc(OC5CCCC5)cc4)C3)N2)c2ccncc2c1. The number of benzene rings is 2. The van der Waals surface area contributed by atoms with Gasteiger partial charge in [0.15, 0.2) is 0 Å². The van der Waals surface area contributed by atoms with Crippen LogP contribution in [0.5, 0.6) is 5.75 Å². The second kappa shape index (κ2) is 9.63. The topological polar surface area (TPSA) is 53.0 Å². The summed E-state index contributed by atoms with van der Waals surface area (Å²) in [5.41, 5.74) is 6.13. The van der Waals surface area contributed by atoms with Crippen LogP contribution in [0.3, 0.4) is 0 Å². The van der Waals surface area contributed by atoms with Crippen LogP contribution in [0.15, 0.2) is 65.9 Å². The van der Waals surface area contributed by atoms with Crippen molar-refractivity contribution in [3.63, 3.8) is 0 Å².